The van der Waals surface area contributed by atoms with Gasteiger partial charge in [0.05, 0.1) is 0 Å². The summed E-state index contributed by atoms with van der Waals surface area (Å²) in [4.78, 5) is 4.27. The van der Waals surface area contributed by atoms with Gasteiger partial charge in [-0.25, -0.2) is 0 Å². The standard InChI is InChI=1S/C10H21N3/c1-7(2)10(5-6-10)13-9(11)12-8(3)4/h7-8H,5-6H2,1-4H3,(H3,11,12,13). The van der Waals surface area contributed by atoms with E-state index >= 15 is 0 Å². The number of aliphatic imine (C=N–C) groups is 1. The highest BCUT2D eigenvalue weighted by Crippen LogP contribution is 2.41. The van der Waals surface area contributed by atoms with Crippen molar-refractivity contribution in [1.82, 2.24) is 5.32 Å². The van der Waals surface area contributed by atoms with Gasteiger partial charge >= 0.3 is 0 Å². The Labute approximate surface area is 80.8 Å². The summed E-state index contributed by atoms with van der Waals surface area (Å²) in [6.45, 7) is 8.51. The monoisotopic (exact) mass is 183 g/mol. The van der Waals surface area contributed by atoms with Crippen molar-refractivity contribution in [2.24, 2.45) is 16.6 Å². The number of rotatable bonds is 3. The zero-order valence-corrected chi connectivity index (χ0v) is 9.09. The third kappa shape index (κ3) is 2.61. The second-order valence-electron chi connectivity index (χ2n) is 4.54. The molecule has 0 spiro atoms. The van der Waals surface area contributed by atoms with Gasteiger partial charge in [-0.15, -0.1) is 0 Å². The van der Waals surface area contributed by atoms with Gasteiger partial charge in [-0.1, -0.05) is 13.8 Å². The zero-order chi connectivity index (χ0) is 10.1. The Hall–Kier alpha value is -0.730. The van der Waals surface area contributed by atoms with Crippen LogP contribution in [-0.4, -0.2) is 17.5 Å². The summed E-state index contributed by atoms with van der Waals surface area (Å²) in [6, 6.07) is 0.274. The molecule has 0 atom stereocenters. The van der Waals surface area contributed by atoms with Crippen LogP contribution in [0, 0.1) is 5.92 Å². The first-order valence-electron chi connectivity index (χ1n) is 5.08. The average molecular weight is 183 g/mol. The molecule has 1 fully saturated rings. The molecule has 76 valence electrons. The Morgan fingerprint density at radius 1 is 1.31 bits per heavy atom. The lowest BCUT2D eigenvalue weighted by molar-refractivity contribution is 0.433. The summed E-state index contributed by atoms with van der Waals surface area (Å²) >= 11 is 0. The summed E-state index contributed by atoms with van der Waals surface area (Å²) in [7, 11) is 0. The summed E-state index contributed by atoms with van der Waals surface area (Å²) in [5.41, 5.74) is 6.03. The summed E-state index contributed by atoms with van der Waals surface area (Å²) in [5, 5.41) is 3.33. The maximum Gasteiger partial charge on any atom is 0.189 e. The van der Waals surface area contributed by atoms with Crippen LogP contribution in [0.5, 0.6) is 0 Å². The maximum atomic E-state index is 5.78. The highest BCUT2D eigenvalue weighted by molar-refractivity contribution is 5.79. The molecule has 13 heavy (non-hydrogen) atoms. The first kappa shape index (κ1) is 10.4. The van der Waals surface area contributed by atoms with Gasteiger partial charge in [0, 0.05) is 11.6 Å². The second-order valence-corrected chi connectivity index (χ2v) is 4.54. The minimum atomic E-state index is 0.252. The highest BCUT2D eigenvalue weighted by atomic mass is 15.2. The fourth-order valence-electron chi connectivity index (χ4n) is 1.55. The Balaban J connectivity index is 2.49. The summed E-state index contributed by atoms with van der Waals surface area (Å²) < 4.78 is 0. The molecule has 0 amide bonds. The topological polar surface area (TPSA) is 50.4 Å². The molecule has 0 aromatic rings. The summed E-state index contributed by atoms with van der Waals surface area (Å²) in [6.07, 6.45) is 2.44. The zero-order valence-electron chi connectivity index (χ0n) is 9.09. The molecule has 1 aliphatic carbocycles. The molecular formula is C10H21N3. The van der Waals surface area contributed by atoms with E-state index in [-0.39, 0.29) is 11.6 Å². The van der Waals surface area contributed by atoms with E-state index in [1.54, 1.807) is 0 Å². The SMILES string of the molecule is CC(C)N=C(N)NC1(C(C)C)CC1. The Morgan fingerprint density at radius 3 is 2.15 bits per heavy atom. The Kier molecular flexibility index (Phi) is 2.84. The van der Waals surface area contributed by atoms with Crippen LogP contribution in [0.4, 0.5) is 0 Å². The summed E-state index contributed by atoms with van der Waals surface area (Å²) in [5.74, 6) is 1.23. The van der Waals surface area contributed by atoms with E-state index in [1.165, 1.54) is 12.8 Å². The van der Waals surface area contributed by atoms with Crippen LogP contribution in [0.3, 0.4) is 0 Å². The van der Waals surface area contributed by atoms with Crippen molar-refractivity contribution in [3.8, 4) is 0 Å². The van der Waals surface area contributed by atoms with Crippen molar-refractivity contribution < 1.29 is 0 Å². The molecule has 0 aromatic heterocycles. The van der Waals surface area contributed by atoms with Crippen LogP contribution in [0.15, 0.2) is 4.99 Å². The van der Waals surface area contributed by atoms with Gasteiger partial charge in [0.15, 0.2) is 5.96 Å². The Bertz CT molecular complexity index is 202. The molecule has 1 aliphatic rings. The van der Waals surface area contributed by atoms with Gasteiger partial charge in [-0.05, 0) is 32.6 Å². The minimum absolute atomic E-state index is 0.252. The lowest BCUT2D eigenvalue weighted by Gasteiger charge is -2.22. The molecule has 0 aliphatic heterocycles. The number of nitrogens with zero attached hydrogens (tertiary/aromatic N) is 1. The lowest BCUT2D eigenvalue weighted by Crippen LogP contribution is -2.45. The van der Waals surface area contributed by atoms with Crippen molar-refractivity contribution in [2.45, 2.75) is 52.1 Å². The molecule has 3 N–H and O–H groups in total. The van der Waals surface area contributed by atoms with E-state index in [0.29, 0.717) is 11.9 Å². The molecule has 0 heterocycles. The molecule has 0 aromatic carbocycles. The van der Waals surface area contributed by atoms with Crippen LogP contribution < -0.4 is 11.1 Å². The minimum Gasteiger partial charge on any atom is -0.370 e. The van der Waals surface area contributed by atoms with Crippen molar-refractivity contribution in [1.29, 1.82) is 0 Å². The van der Waals surface area contributed by atoms with Gasteiger partial charge in [0.25, 0.3) is 0 Å². The first-order chi connectivity index (χ1) is 5.96. The van der Waals surface area contributed by atoms with Crippen molar-refractivity contribution in [2.75, 3.05) is 0 Å². The van der Waals surface area contributed by atoms with Crippen LogP contribution in [0.1, 0.15) is 40.5 Å². The highest BCUT2D eigenvalue weighted by Gasteiger charge is 2.45. The van der Waals surface area contributed by atoms with E-state index in [9.17, 15) is 0 Å². The number of hydrogen-bond donors (Lipinski definition) is 2. The molecular weight excluding hydrogens is 162 g/mol. The molecule has 1 rings (SSSR count). The first-order valence-corrected chi connectivity index (χ1v) is 5.08. The third-order valence-electron chi connectivity index (χ3n) is 2.67. The maximum absolute atomic E-state index is 5.78. The molecule has 0 unspecified atom stereocenters. The molecule has 3 heteroatoms. The van der Waals surface area contributed by atoms with Gasteiger partial charge in [0.1, 0.15) is 0 Å². The van der Waals surface area contributed by atoms with Gasteiger partial charge < -0.3 is 11.1 Å². The van der Waals surface area contributed by atoms with Crippen molar-refractivity contribution in [3.05, 3.63) is 0 Å². The largest absolute Gasteiger partial charge is 0.370 e. The quantitative estimate of drug-likeness (QED) is 0.514. The van der Waals surface area contributed by atoms with E-state index < -0.39 is 0 Å². The molecule has 0 bridgehead atoms. The number of nitrogens with one attached hydrogen (secondary N) is 1. The van der Waals surface area contributed by atoms with Crippen LogP contribution in [0.2, 0.25) is 0 Å². The fourth-order valence-corrected chi connectivity index (χ4v) is 1.55. The van der Waals surface area contributed by atoms with E-state index in [4.69, 9.17) is 5.73 Å². The van der Waals surface area contributed by atoms with E-state index in [1.807, 2.05) is 13.8 Å². The van der Waals surface area contributed by atoms with Crippen LogP contribution in [0.25, 0.3) is 0 Å². The lowest BCUT2D eigenvalue weighted by atomic mass is 10.0. The average Bonchev–Trinajstić information content (AvgIpc) is 2.66. The molecule has 0 radical (unpaired) electrons. The number of nitrogens with two attached hydrogens (primary N) is 1. The fraction of sp³-hybridized carbons (Fsp3) is 0.900. The van der Waals surface area contributed by atoms with Gasteiger partial charge in [0.2, 0.25) is 0 Å². The van der Waals surface area contributed by atoms with E-state index in [2.05, 4.69) is 24.2 Å². The van der Waals surface area contributed by atoms with Gasteiger partial charge in [-0.2, -0.15) is 0 Å². The predicted octanol–water partition coefficient (Wildman–Crippen LogP) is 1.49. The van der Waals surface area contributed by atoms with Gasteiger partial charge in [-0.3, -0.25) is 4.99 Å². The molecule has 1 saturated carbocycles. The third-order valence-corrected chi connectivity index (χ3v) is 2.67. The Morgan fingerprint density at radius 2 is 1.85 bits per heavy atom. The smallest absolute Gasteiger partial charge is 0.189 e. The number of guanidine groups is 1. The molecule has 3 nitrogen and oxygen atoms in total. The van der Waals surface area contributed by atoms with Crippen LogP contribution >= 0.6 is 0 Å². The van der Waals surface area contributed by atoms with Crippen LogP contribution in [-0.2, 0) is 0 Å². The van der Waals surface area contributed by atoms with E-state index in [0.717, 1.165) is 0 Å². The predicted molar refractivity (Wildman–Crippen MR) is 56.7 cm³/mol. The number of hydrogen-bond acceptors (Lipinski definition) is 1. The molecule has 0 saturated heterocycles. The van der Waals surface area contributed by atoms with Crippen molar-refractivity contribution in [3.63, 3.8) is 0 Å². The second kappa shape index (κ2) is 3.56. The normalized spacial score (nSPS) is 20.9. The van der Waals surface area contributed by atoms with Crippen molar-refractivity contribution >= 4 is 5.96 Å².